The Hall–Kier alpha value is -2.49. The number of Topliss-reactive ketones (excluding diaryl/α,β-unsaturated/α-hetero) is 1. The van der Waals surface area contributed by atoms with Crippen LogP contribution in [-0.4, -0.2) is 108 Å². The number of ketones is 1. The zero-order valence-electron chi connectivity index (χ0n) is 32.6. The monoisotopic (exact) mass is 779 g/mol. The van der Waals surface area contributed by atoms with E-state index in [9.17, 15) is 24.6 Å². The Morgan fingerprint density at radius 1 is 1.28 bits per heavy atom. The van der Waals surface area contributed by atoms with E-state index in [4.69, 9.17) is 30.5 Å². The van der Waals surface area contributed by atoms with Crippen molar-refractivity contribution in [3.8, 4) is 5.75 Å². The van der Waals surface area contributed by atoms with Gasteiger partial charge < -0.3 is 39.0 Å². The van der Waals surface area contributed by atoms with Crippen LogP contribution in [0.5, 0.6) is 5.75 Å². The number of likely N-dealkylation sites (N-methyl/N-ethyl adjacent to an activating group) is 1. The highest BCUT2D eigenvalue weighted by Crippen LogP contribution is 2.52. The molecular weight excluding hydrogens is 722 g/mol. The van der Waals surface area contributed by atoms with Crippen molar-refractivity contribution in [3.05, 3.63) is 46.5 Å². The van der Waals surface area contributed by atoms with Gasteiger partial charge in [0.05, 0.1) is 36.6 Å². The van der Waals surface area contributed by atoms with Crippen LogP contribution in [0.4, 0.5) is 5.69 Å². The summed E-state index contributed by atoms with van der Waals surface area (Å²) in [4.78, 5) is 44.2. The number of anilines is 1. The number of hydrogen-bond donors (Lipinski definition) is 4. The van der Waals surface area contributed by atoms with Crippen LogP contribution < -0.4 is 15.0 Å². The molecule has 53 heavy (non-hydrogen) atoms. The molecule has 0 radical (unpaired) electrons. The number of halogens is 1. The summed E-state index contributed by atoms with van der Waals surface area (Å²) in [7, 11) is 6.25. The van der Waals surface area contributed by atoms with Crippen LogP contribution >= 0.6 is 24.2 Å². The maximum absolute atomic E-state index is 14.2. The van der Waals surface area contributed by atoms with Gasteiger partial charge in [-0.3, -0.25) is 14.4 Å². The van der Waals surface area contributed by atoms with Crippen LogP contribution in [-0.2, 0) is 35.0 Å². The number of hydrogen-bond acceptors (Lipinski definition) is 11. The summed E-state index contributed by atoms with van der Waals surface area (Å²) in [5, 5.41) is 25.6. The summed E-state index contributed by atoms with van der Waals surface area (Å²) in [6.45, 7) is 11.3. The Labute approximate surface area is 324 Å². The number of carbonyl (C=O) groups excluding carboxylic acids is 3. The summed E-state index contributed by atoms with van der Waals surface area (Å²) < 4.78 is 23.3. The number of aliphatic hydroxyl groups is 2. The van der Waals surface area contributed by atoms with Crippen LogP contribution in [0.15, 0.2) is 35.9 Å². The summed E-state index contributed by atoms with van der Waals surface area (Å²) >= 11 is 11.3. The molecule has 0 saturated carbocycles. The van der Waals surface area contributed by atoms with E-state index >= 15 is 0 Å². The van der Waals surface area contributed by atoms with Crippen molar-refractivity contribution in [2.75, 3.05) is 33.2 Å². The second kappa shape index (κ2) is 17.1. The minimum atomic E-state index is -1.70. The number of allylic oxidation sites excluding steroid dienone is 3. The fourth-order valence-corrected chi connectivity index (χ4v) is 7.81. The first-order valence-electron chi connectivity index (χ1n) is 18.2. The van der Waals surface area contributed by atoms with Crippen molar-refractivity contribution < 1.29 is 43.5 Å². The lowest BCUT2D eigenvalue weighted by Gasteiger charge is -2.44. The van der Waals surface area contributed by atoms with E-state index in [0.717, 1.165) is 11.1 Å². The standard InChI is InChI=1S/C39H58ClN3O9S/c1-22-12-11-13-31(50-10)39(48)21-30(51-36(47)41-39)23(2)35-38(6,52-35)26(19-28(44)24(3)42(7)32(45)14-15-37(4,5)53)20-33(46)43(8)27-17-25(16-22)18-29(49-9)34(27)40/h11-13,17-18,23-24,26,30-31,35-36,41,47-48,53H,14-16,19-21H2,1-10H3/b13-11+,22-12+/t23-,24+,26+,30?,31-,35+,36?,38+,39+/m1/s1. The molecule has 9 atom stereocenters. The van der Waals surface area contributed by atoms with Gasteiger partial charge >= 0.3 is 0 Å². The van der Waals surface area contributed by atoms with E-state index in [0.29, 0.717) is 24.3 Å². The number of aliphatic hydroxyl groups excluding tert-OH is 1. The molecule has 2 unspecified atom stereocenters. The number of nitrogens with one attached hydrogen (secondary N) is 1. The van der Waals surface area contributed by atoms with Crippen molar-refractivity contribution in [1.29, 1.82) is 0 Å². The van der Waals surface area contributed by atoms with Crippen LogP contribution in [0.25, 0.3) is 0 Å². The minimum Gasteiger partial charge on any atom is -0.495 e. The van der Waals surface area contributed by atoms with Gasteiger partial charge in [0, 0.05) is 63.5 Å². The quantitative estimate of drug-likeness (QED) is 0.203. The number of epoxide rings is 1. The molecule has 4 bridgehead atoms. The topological polar surface area (TPSA) is 150 Å². The summed E-state index contributed by atoms with van der Waals surface area (Å²) in [5.41, 5.74) is -0.388. The van der Waals surface area contributed by atoms with E-state index in [1.165, 1.54) is 24.0 Å². The Balaban J connectivity index is 1.74. The van der Waals surface area contributed by atoms with Crippen LogP contribution in [0.2, 0.25) is 5.02 Å². The predicted molar refractivity (Wildman–Crippen MR) is 207 cm³/mol. The molecule has 3 aliphatic heterocycles. The number of amides is 2. The van der Waals surface area contributed by atoms with Gasteiger partial charge in [-0.05, 0) is 51.3 Å². The highest BCUT2D eigenvalue weighted by molar-refractivity contribution is 7.81. The first-order valence-corrected chi connectivity index (χ1v) is 19.0. The third-order valence-electron chi connectivity index (χ3n) is 11.1. The van der Waals surface area contributed by atoms with Gasteiger partial charge in [-0.1, -0.05) is 56.2 Å². The van der Waals surface area contributed by atoms with E-state index in [2.05, 4.69) is 17.9 Å². The van der Waals surface area contributed by atoms with Gasteiger partial charge in [0.2, 0.25) is 18.2 Å². The molecule has 2 fully saturated rings. The number of nitrogens with zero attached hydrogens (tertiary/aromatic N) is 2. The molecule has 0 aromatic heterocycles. The minimum absolute atomic E-state index is 0.0482. The molecule has 3 heterocycles. The molecule has 1 aromatic carbocycles. The zero-order chi connectivity index (χ0) is 39.6. The smallest absolute Gasteiger partial charge is 0.227 e. The molecular formula is C39H58ClN3O9S. The molecule has 14 heteroatoms. The van der Waals surface area contributed by atoms with Gasteiger partial charge in [-0.15, -0.1) is 0 Å². The second-order valence-electron chi connectivity index (χ2n) is 15.8. The third-order valence-corrected chi connectivity index (χ3v) is 11.7. The lowest BCUT2D eigenvalue weighted by atomic mass is 9.77. The zero-order valence-corrected chi connectivity index (χ0v) is 34.3. The van der Waals surface area contributed by atoms with E-state index in [1.54, 1.807) is 33.2 Å². The van der Waals surface area contributed by atoms with Gasteiger partial charge in [0.1, 0.15) is 16.9 Å². The maximum Gasteiger partial charge on any atom is 0.227 e. The molecule has 1 aromatic rings. The number of methoxy groups -OCH3 is 2. The van der Waals surface area contributed by atoms with Crippen molar-refractivity contribution in [3.63, 3.8) is 0 Å². The highest BCUT2D eigenvalue weighted by Gasteiger charge is 2.62. The molecule has 296 valence electrons. The lowest BCUT2D eigenvalue weighted by molar-refractivity contribution is -0.270. The van der Waals surface area contributed by atoms with Gasteiger partial charge in [0.25, 0.3) is 0 Å². The summed E-state index contributed by atoms with van der Waals surface area (Å²) in [6, 6.07) is 2.92. The number of ether oxygens (including phenoxy) is 4. The Kier molecular flexibility index (Phi) is 14.0. The van der Waals surface area contributed by atoms with E-state index in [1.807, 2.05) is 52.8 Å². The average molecular weight is 780 g/mol. The second-order valence-corrected chi connectivity index (χ2v) is 17.3. The number of fused-ring (bicyclic) bond motifs is 5. The summed E-state index contributed by atoms with van der Waals surface area (Å²) in [5.74, 6) is -1.27. The first kappa shape index (κ1) is 43.2. The number of benzene rings is 1. The van der Waals surface area contributed by atoms with E-state index in [-0.39, 0.29) is 59.0 Å². The van der Waals surface area contributed by atoms with Crippen LogP contribution in [0.3, 0.4) is 0 Å². The molecule has 3 N–H and O–H groups in total. The fourth-order valence-electron chi connectivity index (χ4n) is 7.39. The average Bonchev–Trinajstić information content (AvgIpc) is 3.78. The molecule has 4 rings (SSSR count). The maximum atomic E-state index is 14.2. The van der Waals surface area contributed by atoms with Crippen LogP contribution in [0.1, 0.15) is 79.2 Å². The fraction of sp³-hybridized carbons (Fsp3) is 0.667. The van der Waals surface area contributed by atoms with Gasteiger partial charge in [-0.2, -0.15) is 12.6 Å². The molecule has 3 aliphatic rings. The van der Waals surface area contributed by atoms with Gasteiger partial charge in [-0.25, -0.2) is 5.32 Å². The van der Waals surface area contributed by atoms with Crippen molar-refractivity contribution in [2.24, 2.45) is 11.8 Å². The Bertz CT molecular complexity index is 1580. The molecule has 12 nitrogen and oxygen atoms in total. The van der Waals surface area contributed by atoms with Crippen LogP contribution in [0, 0.1) is 11.8 Å². The molecule has 0 spiro atoms. The van der Waals surface area contributed by atoms with E-state index < -0.39 is 48.0 Å². The highest BCUT2D eigenvalue weighted by atomic mass is 35.5. The van der Waals surface area contributed by atoms with Crippen molar-refractivity contribution in [2.45, 2.75) is 127 Å². The first-order chi connectivity index (χ1) is 24.6. The SMILES string of the molecule is COc1cc2cc(c1Cl)N(C)C(=O)C[C@H](CC(=O)[C@H](C)N(C)C(=O)CCC(C)(C)S)[C@]1(C)O[C@H]1[C@H](C)C1C[C@@](O)(NC(O)O1)[C@H](OC)/C=C/C=C(\C)C2. The Morgan fingerprint density at radius 2 is 1.96 bits per heavy atom. The van der Waals surface area contributed by atoms with Gasteiger partial charge in [0.15, 0.2) is 11.5 Å². The Morgan fingerprint density at radius 3 is 2.58 bits per heavy atom. The third kappa shape index (κ3) is 10.2. The lowest BCUT2D eigenvalue weighted by Crippen LogP contribution is -2.65. The number of thiol groups is 1. The molecule has 0 aliphatic carbocycles. The summed E-state index contributed by atoms with van der Waals surface area (Å²) in [6.07, 6.45) is 3.08. The molecule has 2 amide bonds. The van der Waals surface area contributed by atoms with Crippen molar-refractivity contribution in [1.82, 2.24) is 10.2 Å². The van der Waals surface area contributed by atoms with Crippen molar-refractivity contribution >= 4 is 47.5 Å². The largest absolute Gasteiger partial charge is 0.495 e. The predicted octanol–water partition coefficient (Wildman–Crippen LogP) is 4.82. The number of rotatable bonds is 9. The number of carbonyl (C=O) groups is 3. The molecule has 2 saturated heterocycles. The normalized spacial score (nSPS) is 33.3.